The maximum atomic E-state index is 2.42. The van der Waals surface area contributed by atoms with Crippen molar-refractivity contribution in [2.24, 2.45) is 0 Å². The third-order valence-electron chi connectivity index (χ3n) is 2.33. The highest BCUT2D eigenvalue weighted by Gasteiger charge is 2.28. The lowest BCUT2D eigenvalue weighted by Gasteiger charge is -2.36. The first-order valence-electron chi connectivity index (χ1n) is 4.07. The molecule has 0 aromatic rings. The van der Waals surface area contributed by atoms with Gasteiger partial charge >= 0.3 is 0 Å². The van der Waals surface area contributed by atoms with Crippen LogP contribution in [-0.2, 0) is 0 Å². The molecule has 0 aromatic heterocycles. The van der Waals surface area contributed by atoms with Crippen molar-refractivity contribution in [3.05, 3.63) is 0 Å². The summed E-state index contributed by atoms with van der Waals surface area (Å²) in [7, 11) is 6.16. The SMILES string of the molecule is CSSC1(C)CCN(C)CC1. The van der Waals surface area contributed by atoms with E-state index < -0.39 is 0 Å². The number of nitrogens with zero attached hydrogens (tertiary/aromatic N) is 1. The number of piperidine rings is 1. The Bertz CT molecular complexity index is 119. The zero-order chi connectivity index (χ0) is 8.32. The molecule has 1 aliphatic heterocycles. The number of rotatable bonds is 2. The van der Waals surface area contributed by atoms with E-state index in [1.54, 1.807) is 0 Å². The van der Waals surface area contributed by atoms with Crippen LogP contribution in [0.3, 0.4) is 0 Å². The molecule has 3 heteroatoms. The smallest absolute Gasteiger partial charge is 0.0259 e. The number of hydrogen-bond donors (Lipinski definition) is 0. The molecule has 1 aliphatic rings. The Hall–Kier alpha value is 0.660. The first-order valence-corrected chi connectivity index (χ1v) is 6.62. The summed E-state index contributed by atoms with van der Waals surface area (Å²) in [6.07, 6.45) is 4.86. The number of hydrogen-bond acceptors (Lipinski definition) is 3. The van der Waals surface area contributed by atoms with Crippen LogP contribution in [0.1, 0.15) is 19.8 Å². The van der Waals surface area contributed by atoms with Crippen LogP contribution in [0.4, 0.5) is 0 Å². The molecule has 1 fully saturated rings. The van der Waals surface area contributed by atoms with E-state index in [-0.39, 0.29) is 0 Å². The van der Waals surface area contributed by atoms with Gasteiger partial charge in [0.1, 0.15) is 0 Å². The molecule has 0 amide bonds. The van der Waals surface area contributed by atoms with Gasteiger partial charge in [-0.15, -0.1) is 0 Å². The van der Waals surface area contributed by atoms with Crippen molar-refractivity contribution in [2.45, 2.75) is 24.5 Å². The Morgan fingerprint density at radius 1 is 1.27 bits per heavy atom. The minimum atomic E-state index is 0.548. The summed E-state index contributed by atoms with van der Waals surface area (Å²) >= 11 is 0. The van der Waals surface area contributed by atoms with Crippen LogP contribution in [0.25, 0.3) is 0 Å². The number of likely N-dealkylation sites (tertiary alicyclic amines) is 1. The van der Waals surface area contributed by atoms with Crippen LogP contribution in [0.2, 0.25) is 0 Å². The molecule has 1 saturated heterocycles. The summed E-state index contributed by atoms with van der Waals surface area (Å²) in [5.74, 6) is 0. The molecule has 66 valence electrons. The molecule has 1 heterocycles. The van der Waals surface area contributed by atoms with Gasteiger partial charge in [-0.3, -0.25) is 0 Å². The van der Waals surface area contributed by atoms with Gasteiger partial charge in [0.05, 0.1) is 0 Å². The van der Waals surface area contributed by atoms with E-state index >= 15 is 0 Å². The Kier molecular flexibility index (Phi) is 3.59. The van der Waals surface area contributed by atoms with Gasteiger partial charge in [-0.25, -0.2) is 0 Å². The van der Waals surface area contributed by atoms with E-state index in [1.165, 1.54) is 25.9 Å². The third kappa shape index (κ3) is 2.88. The van der Waals surface area contributed by atoms with Crippen LogP contribution < -0.4 is 0 Å². The molecule has 0 radical (unpaired) electrons. The second-order valence-corrected chi connectivity index (χ2v) is 6.49. The molecule has 0 aliphatic carbocycles. The van der Waals surface area contributed by atoms with Gasteiger partial charge in [0.2, 0.25) is 0 Å². The Morgan fingerprint density at radius 3 is 2.27 bits per heavy atom. The summed E-state index contributed by atoms with van der Waals surface area (Å²) in [6, 6.07) is 0. The van der Waals surface area contributed by atoms with E-state index in [4.69, 9.17) is 0 Å². The lowest BCUT2D eigenvalue weighted by Crippen LogP contribution is -2.37. The monoisotopic (exact) mass is 191 g/mol. The molecule has 1 nitrogen and oxygen atoms in total. The van der Waals surface area contributed by atoms with Crippen molar-refractivity contribution in [1.29, 1.82) is 0 Å². The predicted molar refractivity (Wildman–Crippen MR) is 56.2 cm³/mol. The lowest BCUT2D eigenvalue weighted by atomic mass is 9.98. The Labute approximate surface area is 77.7 Å². The average molecular weight is 191 g/mol. The van der Waals surface area contributed by atoms with E-state index in [9.17, 15) is 0 Å². The van der Waals surface area contributed by atoms with Crippen molar-refractivity contribution >= 4 is 21.6 Å². The largest absolute Gasteiger partial charge is 0.306 e. The van der Waals surface area contributed by atoms with Crippen molar-refractivity contribution in [3.63, 3.8) is 0 Å². The maximum absolute atomic E-state index is 2.42. The average Bonchev–Trinajstić information content (AvgIpc) is 1.97. The van der Waals surface area contributed by atoms with E-state index in [1.807, 2.05) is 21.6 Å². The zero-order valence-corrected chi connectivity index (χ0v) is 9.23. The van der Waals surface area contributed by atoms with Crippen LogP contribution in [0, 0.1) is 0 Å². The fourth-order valence-electron chi connectivity index (χ4n) is 1.38. The standard InChI is InChI=1S/C8H17NS2/c1-8(11-10-3)4-6-9(2)7-5-8/h4-7H2,1-3H3. The molecule has 0 aromatic carbocycles. The van der Waals surface area contributed by atoms with Crippen LogP contribution in [-0.4, -0.2) is 36.0 Å². The van der Waals surface area contributed by atoms with Gasteiger partial charge in [0, 0.05) is 4.75 Å². The third-order valence-corrected chi connectivity index (χ3v) is 5.01. The zero-order valence-electron chi connectivity index (χ0n) is 7.59. The quantitative estimate of drug-likeness (QED) is 0.617. The molecule has 0 unspecified atom stereocenters. The highest BCUT2D eigenvalue weighted by atomic mass is 33.1. The maximum Gasteiger partial charge on any atom is 0.0259 e. The van der Waals surface area contributed by atoms with Crippen molar-refractivity contribution < 1.29 is 0 Å². The van der Waals surface area contributed by atoms with E-state index in [2.05, 4.69) is 25.1 Å². The molecule has 0 spiro atoms. The Morgan fingerprint density at radius 2 is 1.82 bits per heavy atom. The molecule has 0 bridgehead atoms. The van der Waals surface area contributed by atoms with Crippen molar-refractivity contribution in [1.82, 2.24) is 4.90 Å². The van der Waals surface area contributed by atoms with E-state index in [0.717, 1.165) is 0 Å². The van der Waals surface area contributed by atoms with Gasteiger partial charge in [0.15, 0.2) is 0 Å². The van der Waals surface area contributed by atoms with Crippen LogP contribution >= 0.6 is 21.6 Å². The lowest BCUT2D eigenvalue weighted by molar-refractivity contribution is 0.248. The molecule has 0 atom stereocenters. The summed E-state index contributed by atoms with van der Waals surface area (Å²) in [4.78, 5) is 2.42. The fraction of sp³-hybridized carbons (Fsp3) is 1.00. The molecule has 11 heavy (non-hydrogen) atoms. The summed E-state index contributed by atoms with van der Waals surface area (Å²) in [6.45, 7) is 4.93. The molecule has 0 N–H and O–H groups in total. The van der Waals surface area contributed by atoms with E-state index in [0.29, 0.717) is 4.75 Å². The predicted octanol–water partition coefficient (Wildman–Crippen LogP) is 2.48. The van der Waals surface area contributed by atoms with Crippen LogP contribution in [0.15, 0.2) is 0 Å². The summed E-state index contributed by atoms with van der Waals surface area (Å²) in [5, 5.41) is 0. The summed E-state index contributed by atoms with van der Waals surface area (Å²) < 4.78 is 0.548. The van der Waals surface area contributed by atoms with Crippen molar-refractivity contribution in [2.75, 3.05) is 26.4 Å². The van der Waals surface area contributed by atoms with Crippen LogP contribution in [0.5, 0.6) is 0 Å². The van der Waals surface area contributed by atoms with Gasteiger partial charge < -0.3 is 4.90 Å². The second kappa shape index (κ2) is 4.06. The topological polar surface area (TPSA) is 3.24 Å². The first kappa shape index (κ1) is 9.75. The minimum Gasteiger partial charge on any atom is -0.306 e. The highest BCUT2D eigenvalue weighted by molar-refractivity contribution is 8.76. The van der Waals surface area contributed by atoms with Gasteiger partial charge in [0.25, 0.3) is 0 Å². The van der Waals surface area contributed by atoms with Gasteiger partial charge in [-0.05, 0) is 46.2 Å². The molecular weight excluding hydrogens is 174 g/mol. The Balaban J connectivity index is 2.35. The van der Waals surface area contributed by atoms with Gasteiger partial charge in [-0.2, -0.15) is 0 Å². The summed E-state index contributed by atoms with van der Waals surface area (Å²) in [5.41, 5.74) is 0. The highest BCUT2D eigenvalue weighted by Crippen LogP contribution is 2.41. The molecular formula is C8H17NS2. The second-order valence-electron chi connectivity index (χ2n) is 3.50. The van der Waals surface area contributed by atoms with Gasteiger partial charge in [-0.1, -0.05) is 21.6 Å². The fourth-order valence-corrected chi connectivity index (χ4v) is 3.83. The molecule has 0 saturated carbocycles. The van der Waals surface area contributed by atoms with Crippen molar-refractivity contribution in [3.8, 4) is 0 Å². The molecule has 1 rings (SSSR count). The minimum absolute atomic E-state index is 0.548. The first-order chi connectivity index (χ1) is 5.16. The normalized spacial score (nSPS) is 25.4.